The van der Waals surface area contributed by atoms with Crippen molar-refractivity contribution in [3.63, 3.8) is 0 Å². The third kappa shape index (κ3) is 1.36. The Hall–Kier alpha value is -1.55. The Kier molecular flexibility index (Phi) is 1.90. The Morgan fingerprint density at radius 1 is 1.46 bits per heavy atom. The second kappa shape index (κ2) is 3.06. The van der Waals surface area contributed by atoms with Crippen LogP contribution in [0.1, 0.15) is 11.5 Å². The average molecular weight is 177 g/mol. The van der Waals surface area contributed by atoms with Crippen LogP contribution in [-0.4, -0.2) is 12.5 Å². The van der Waals surface area contributed by atoms with Crippen LogP contribution in [0.3, 0.4) is 0 Å². The van der Waals surface area contributed by atoms with Crippen LogP contribution in [0, 0.1) is 0 Å². The molecule has 0 bridgehead atoms. The molecule has 1 unspecified atom stereocenters. The van der Waals surface area contributed by atoms with Gasteiger partial charge in [-0.15, -0.1) is 0 Å². The first-order chi connectivity index (χ1) is 6.29. The van der Waals surface area contributed by atoms with E-state index in [1.165, 1.54) is 0 Å². The molecule has 68 valence electrons. The van der Waals surface area contributed by atoms with Gasteiger partial charge in [0.15, 0.2) is 0 Å². The predicted octanol–water partition coefficient (Wildman–Crippen LogP) is 0.186. The summed E-state index contributed by atoms with van der Waals surface area (Å²) in [6.07, 6.45) is 0. The lowest BCUT2D eigenvalue weighted by atomic mass is 9.95. The number of carbonyl (C=O) groups is 1. The van der Waals surface area contributed by atoms with E-state index in [-0.39, 0.29) is 11.8 Å². The summed E-state index contributed by atoms with van der Waals surface area (Å²) >= 11 is 0. The highest BCUT2D eigenvalue weighted by Crippen LogP contribution is 2.26. The van der Waals surface area contributed by atoms with Crippen molar-refractivity contribution < 1.29 is 4.79 Å². The van der Waals surface area contributed by atoms with E-state index in [1.54, 1.807) is 0 Å². The molecule has 0 aromatic heterocycles. The molecule has 4 nitrogen and oxygen atoms in total. The Balaban J connectivity index is 2.42. The van der Waals surface area contributed by atoms with Gasteiger partial charge in [-0.2, -0.15) is 0 Å². The van der Waals surface area contributed by atoms with Gasteiger partial charge in [0.1, 0.15) is 0 Å². The first-order valence-corrected chi connectivity index (χ1v) is 4.16. The monoisotopic (exact) mass is 177 g/mol. The largest absolute Gasteiger partial charge is 0.369 e. The van der Waals surface area contributed by atoms with Crippen molar-refractivity contribution in [1.82, 2.24) is 5.43 Å². The molecule has 0 fully saturated rings. The lowest BCUT2D eigenvalue weighted by Crippen LogP contribution is -2.38. The molecular formula is C9H11N3O. The number of hydrazine groups is 1. The van der Waals surface area contributed by atoms with E-state index in [1.807, 2.05) is 24.3 Å². The van der Waals surface area contributed by atoms with E-state index in [9.17, 15) is 4.79 Å². The summed E-state index contributed by atoms with van der Waals surface area (Å²) in [7, 11) is 0. The molecule has 1 aliphatic rings. The van der Waals surface area contributed by atoms with E-state index < -0.39 is 0 Å². The molecule has 13 heavy (non-hydrogen) atoms. The van der Waals surface area contributed by atoms with Gasteiger partial charge in [-0.3, -0.25) is 4.79 Å². The molecule has 1 aromatic rings. The molecule has 1 amide bonds. The van der Waals surface area contributed by atoms with Gasteiger partial charge in [0.05, 0.1) is 11.6 Å². The smallest absolute Gasteiger partial charge is 0.226 e. The molecule has 0 aliphatic carbocycles. The van der Waals surface area contributed by atoms with Crippen LogP contribution in [0.15, 0.2) is 24.3 Å². The van der Waals surface area contributed by atoms with E-state index in [0.29, 0.717) is 6.54 Å². The number of rotatable bonds is 1. The molecular weight excluding hydrogens is 166 g/mol. The summed E-state index contributed by atoms with van der Waals surface area (Å²) in [5, 5.41) is 0. The van der Waals surface area contributed by atoms with Gasteiger partial charge in [0, 0.05) is 6.54 Å². The van der Waals surface area contributed by atoms with Gasteiger partial charge in [0.25, 0.3) is 0 Å². The fourth-order valence-electron chi connectivity index (χ4n) is 1.53. The topological polar surface area (TPSA) is 67.2 Å². The number of fused-ring (bicyclic) bond motifs is 1. The second-order valence-corrected chi connectivity index (χ2v) is 3.05. The molecule has 4 N–H and O–H groups in total. The second-order valence-electron chi connectivity index (χ2n) is 3.05. The Labute approximate surface area is 76.1 Å². The van der Waals surface area contributed by atoms with E-state index >= 15 is 0 Å². The molecule has 2 rings (SSSR count). The number of carbonyl (C=O) groups excluding carboxylic acids is 1. The molecule has 1 heterocycles. The zero-order valence-corrected chi connectivity index (χ0v) is 7.08. The lowest BCUT2D eigenvalue weighted by Gasteiger charge is -2.24. The van der Waals surface area contributed by atoms with Gasteiger partial charge in [-0.1, -0.05) is 18.2 Å². The number of para-hydroxylation sites is 1. The van der Waals surface area contributed by atoms with Crippen molar-refractivity contribution in [3.05, 3.63) is 29.8 Å². The van der Waals surface area contributed by atoms with Crippen molar-refractivity contribution >= 4 is 11.6 Å². The van der Waals surface area contributed by atoms with Crippen LogP contribution in [-0.2, 0) is 4.79 Å². The van der Waals surface area contributed by atoms with E-state index in [2.05, 4.69) is 10.9 Å². The Morgan fingerprint density at radius 2 is 2.23 bits per heavy atom. The van der Waals surface area contributed by atoms with Gasteiger partial charge < -0.3 is 11.2 Å². The van der Waals surface area contributed by atoms with Crippen LogP contribution in [0.25, 0.3) is 0 Å². The average Bonchev–Trinajstić information content (AvgIpc) is 2.17. The van der Waals surface area contributed by atoms with Crippen molar-refractivity contribution in [3.8, 4) is 0 Å². The third-order valence-corrected chi connectivity index (χ3v) is 2.21. The first-order valence-electron chi connectivity index (χ1n) is 4.16. The van der Waals surface area contributed by atoms with Crippen LogP contribution in [0.4, 0.5) is 5.69 Å². The molecule has 1 atom stereocenters. The standard InChI is InChI=1S/C9H11N3O/c10-9(13)7-5-11-12-8-4-2-1-3-6(7)8/h1-4,7,11-12H,5H2,(H2,10,13). The molecule has 0 spiro atoms. The van der Waals surface area contributed by atoms with Gasteiger partial charge in [-0.25, -0.2) is 5.43 Å². The Morgan fingerprint density at radius 3 is 3.00 bits per heavy atom. The van der Waals surface area contributed by atoms with Crippen molar-refractivity contribution in [2.24, 2.45) is 5.73 Å². The number of nitrogens with two attached hydrogens (primary N) is 1. The first kappa shape index (κ1) is 8.07. The number of benzene rings is 1. The molecule has 0 saturated carbocycles. The third-order valence-electron chi connectivity index (χ3n) is 2.21. The number of hydrogen-bond acceptors (Lipinski definition) is 3. The number of hydrogen-bond donors (Lipinski definition) is 3. The van der Waals surface area contributed by atoms with Crippen LogP contribution < -0.4 is 16.6 Å². The zero-order chi connectivity index (χ0) is 9.26. The number of amides is 1. The number of primary amides is 1. The fourth-order valence-corrected chi connectivity index (χ4v) is 1.53. The minimum absolute atomic E-state index is 0.225. The maximum absolute atomic E-state index is 11.1. The summed E-state index contributed by atoms with van der Waals surface area (Å²) in [4.78, 5) is 11.1. The summed E-state index contributed by atoms with van der Waals surface area (Å²) in [5.41, 5.74) is 13.1. The summed E-state index contributed by atoms with van der Waals surface area (Å²) in [6, 6.07) is 7.65. The van der Waals surface area contributed by atoms with Crippen LogP contribution in [0.5, 0.6) is 0 Å². The van der Waals surface area contributed by atoms with Gasteiger partial charge >= 0.3 is 0 Å². The van der Waals surface area contributed by atoms with Crippen molar-refractivity contribution in [2.45, 2.75) is 5.92 Å². The fraction of sp³-hybridized carbons (Fsp3) is 0.222. The highest BCUT2D eigenvalue weighted by molar-refractivity contribution is 5.84. The normalized spacial score (nSPS) is 20.2. The maximum Gasteiger partial charge on any atom is 0.226 e. The molecule has 1 aliphatic heterocycles. The summed E-state index contributed by atoms with van der Waals surface area (Å²) in [6.45, 7) is 0.548. The molecule has 4 heteroatoms. The van der Waals surface area contributed by atoms with E-state index in [4.69, 9.17) is 5.73 Å². The quantitative estimate of drug-likeness (QED) is 0.573. The van der Waals surface area contributed by atoms with Gasteiger partial charge in [-0.05, 0) is 11.6 Å². The maximum atomic E-state index is 11.1. The summed E-state index contributed by atoms with van der Waals surface area (Å²) < 4.78 is 0. The van der Waals surface area contributed by atoms with Gasteiger partial charge in [0.2, 0.25) is 5.91 Å². The van der Waals surface area contributed by atoms with E-state index in [0.717, 1.165) is 11.3 Å². The zero-order valence-electron chi connectivity index (χ0n) is 7.08. The number of nitrogens with one attached hydrogen (secondary N) is 2. The van der Waals surface area contributed by atoms with Crippen LogP contribution in [0.2, 0.25) is 0 Å². The summed E-state index contributed by atoms with van der Waals surface area (Å²) in [5.74, 6) is -0.515. The number of anilines is 1. The minimum atomic E-state index is -0.290. The van der Waals surface area contributed by atoms with Crippen molar-refractivity contribution in [2.75, 3.05) is 12.0 Å². The highest BCUT2D eigenvalue weighted by Gasteiger charge is 2.23. The predicted molar refractivity (Wildman–Crippen MR) is 50.0 cm³/mol. The molecule has 0 radical (unpaired) electrons. The Bertz CT molecular complexity index is 337. The van der Waals surface area contributed by atoms with Crippen molar-refractivity contribution in [1.29, 1.82) is 0 Å². The molecule has 0 saturated heterocycles. The highest BCUT2D eigenvalue weighted by atomic mass is 16.1. The van der Waals surface area contributed by atoms with Crippen LogP contribution >= 0.6 is 0 Å². The SMILES string of the molecule is NC(=O)C1CNNc2ccccc21. The minimum Gasteiger partial charge on any atom is -0.369 e. The lowest BCUT2D eigenvalue weighted by molar-refractivity contribution is -0.119. The molecule has 1 aromatic carbocycles.